The summed E-state index contributed by atoms with van der Waals surface area (Å²) in [5.74, 6) is 0.473. The Morgan fingerprint density at radius 3 is 2.77 bits per heavy atom. The first-order valence-corrected chi connectivity index (χ1v) is 6.85. The number of hydrogen-bond donors (Lipinski definition) is 1. The van der Waals surface area contributed by atoms with Gasteiger partial charge in [0.2, 0.25) is 5.88 Å². The number of aromatic hydroxyl groups is 1. The van der Waals surface area contributed by atoms with Gasteiger partial charge in [0.15, 0.2) is 0 Å². The number of hydrogen-bond acceptors (Lipinski definition) is 6. The zero-order valence-electron chi connectivity index (χ0n) is 11.6. The second-order valence-electron chi connectivity index (χ2n) is 4.46. The molecule has 0 unspecified atom stereocenters. The molecule has 0 fully saturated rings. The van der Waals surface area contributed by atoms with Gasteiger partial charge in [0.1, 0.15) is 23.1 Å². The average Bonchev–Trinajstić information content (AvgIpc) is 2.74. The summed E-state index contributed by atoms with van der Waals surface area (Å²) in [6.45, 7) is 3.44. The Morgan fingerprint density at radius 1 is 1.50 bits per heavy atom. The first-order chi connectivity index (χ1) is 10.3. The van der Waals surface area contributed by atoms with Crippen LogP contribution in [-0.2, 0) is 0 Å². The molecule has 112 valence electrons. The van der Waals surface area contributed by atoms with Gasteiger partial charge in [-0.2, -0.15) is 5.26 Å². The number of non-ortho nitro benzene ring substituents is 1. The summed E-state index contributed by atoms with van der Waals surface area (Å²) in [6, 6.07) is 4.36. The van der Waals surface area contributed by atoms with E-state index in [1.54, 1.807) is 13.8 Å². The molecule has 0 atom stereocenters. The number of benzene rings is 1. The minimum Gasteiger partial charge on any atom is -0.506 e. The summed E-state index contributed by atoms with van der Waals surface area (Å²) >= 11 is 3.04. The predicted molar refractivity (Wildman–Crippen MR) is 82.6 cm³/mol. The smallest absolute Gasteiger partial charge is 0.271 e. The second kappa shape index (κ2) is 5.99. The fourth-order valence-electron chi connectivity index (χ4n) is 1.77. The number of nitro benzene ring substituents is 1. The van der Waals surface area contributed by atoms with Gasteiger partial charge >= 0.3 is 0 Å². The largest absolute Gasteiger partial charge is 0.506 e. The molecule has 1 N–H and O–H groups in total. The van der Waals surface area contributed by atoms with E-state index in [-0.39, 0.29) is 32.9 Å². The number of nitriles is 1. The molecule has 0 saturated carbocycles. The standard InChI is InChI=1S/C14H10BrN3O4/c1-7-8(2)22-14(11(7)5-16)17-6-9-3-10(18(20)21)4-12(15)13(9)19/h3-4,6,19H,1-2H3/b17-6+. The Balaban J connectivity index is 2.49. The van der Waals surface area contributed by atoms with Gasteiger partial charge in [-0.05, 0) is 29.8 Å². The number of furan rings is 1. The van der Waals surface area contributed by atoms with E-state index in [1.165, 1.54) is 18.3 Å². The van der Waals surface area contributed by atoms with Gasteiger partial charge in [0.25, 0.3) is 5.69 Å². The van der Waals surface area contributed by atoms with Gasteiger partial charge in [0.05, 0.1) is 9.40 Å². The number of halogens is 1. The molecule has 0 amide bonds. The molecule has 7 nitrogen and oxygen atoms in total. The molecule has 0 aliphatic carbocycles. The summed E-state index contributed by atoms with van der Waals surface area (Å²) in [7, 11) is 0. The Labute approximate surface area is 133 Å². The highest BCUT2D eigenvalue weighted by Crippen LogP contribution is 2.33. The molecular formula is C14H10BrN3O4. The van der Waals surface area contributed by atoms with Crippen molar-refractivity contribution in [2.24, 2.45) is 4.99 Å². The van der Waals surface area contributed by atoms with Crippen LogP contribution >= 0.6 is 15.9 Å². The van der Waals surface area contributed by atoms with Gasteiger partial charge in [0, 0.05) is 29.5 Å². The van der Waals surface area contributed by atoms with Crippen molar-refractivity contribution in [3.8, 4) is 11.8 Å². The highest BCUT2D eigenvalue weighted by atomic mass is 79.9. The van der Waals surface area contributed by atoms with Gasteiger partial charge < -0.3 is 9.52 Å². The topological polar surface area (TPSA) is 113 Å². The molecular weight excluding hydrogens is 354 g/mol. The van der Waals surface area contributed by atoms with E-state index in [2.05, 4.69) is 20.9 Å². The summed E-state index contributed by atoms with van der Waals surface area (Å²) in [5.41, 5.74) is 0.909. The van der Waals surface area contributed by atoms with Crippen LogP contribution in [0.25, 0.3) is 0 Å². The van der Waals surface area contributed by atoms with Crippen LogP contribution in [0.4, 0.5) is 11.6 Å². The number of aryl methyl sites for hydroxylation is 1. The number of nitro groups is 1. The lowest BCUT2D eigenvalue weighted by atomic mass is 10.2. The third-order valence-electron chi connectivity index (χ3n) is 3.09. The third kappa shape index (κ3) is 2.84. The summed E-state index contributed by atoms with van der Waals surface area (Å²) in [4.78, 5) is 14.3. The highest BCUT2D eigenvalue weighted by Gasteiger charge is 2.16. The molecule has 1 heterocycles. The van der Waals surface area contributed by atoms with Crippen LogP contribution in [0, 0.1) is 35.3 Å². The van der Waals surface area contributed by atoms with Crippen molar-refractivity contribution >= 4 is 33.7 Å². The Hall–Kier alpha value is -2.66. The van der Waals surface area contributed by atoms with Gasteiger partial charge in [-0.3, -0.25) is 10.1 Å². The van der Waals surface area contributed by atoms with Crippen LogP contribution in [0.3, 0.4) is 0 Å². The molecule has 22 heavy (non-hydrogen) atoms. The maximum Gasteiger partial charge on any atom is 0.271 e. The number of rotatable bonds is 3. The maximum atomic E-state index is 10.8. The quantitative estimate of drug-likeness (QED) is 0.504. The van der Waals surface area contributed by atoms with Crippen LogP contribution in [0.15, 0.2) is 26.0 Å². The number of nitrogens with zero attached hydrogens (tertiary/aromatic N) is 3. The SMILES string of the molecule is Cc1oc(/N=C/c2cc([N+](=O)[O-])cc(Br)c2O)c(C#N)c1C. The molecule has 0 aliphatic heterocycles. The minimum absolute atomic E-state index is 0.0968. The lowest BCUT2D eigenvalue weighted by Gasteiger charge is -2.01. The van der Waals surface area contributed by atoms with E-state index in [0.717, 1.165) is 0 Å². The average molecular weight is 364 g/mol. The number of aliphatic imine (C=N–C) groups is 1. The van der Waals surface area contributed by atoms with Crippen molar-refractivity contribution < 1.29 is 14.4 Å². The van der Waals surface area contributed by atoms with Crippen molar-refractivity contribution in [1.82, 2.24) is 0 Å². The van der Waals surface area contributed by atoms with E-state index < -0.39 is 4.92 Å². The van der Waals surface area contributed by atoms with E-state index in [9.17, 15) is 15.2 Å². The van der Waals surface area contributed by atoms with Crippen molar-refractivity contribution in [3.05, 3.63) is 49.2 Å². The molecule has 8 heteroatoms. The van der Waals surface area contributed by atoms with Crippen LogP contribution in [0.5, 0.6) is 5.75 Å². The van der Waals surface area contributed by atoms with Crippen LogP contribution in [0.1, 0.15) is 22.5 Å². The first kappa shape index (κ1) is 15.7. The summed E-state index contributed by atoms with van der Waals surface area (Å²) in [5, 5.41) is 29.8. The van der Waals surface area contributed by atoms with Gasteiger partial charge in [-0.25, -0.2) is 4.99 Å². The molecule has 0 saturated heterocycles. The van der Waals surface area contributed by atoms with E-state index in [4.69, 9.17) is 9.68 Å². The fourth-order valence-corrected chi connectivity index (χ4v) is 2.23. The molecule has 1 aromatic carbocycles. The number of phenolic OH excluding ortho intramolecular Hbond substituents is 1. The van der Waals surface area contributed by atoms with Gasteiger partial charge in [-0.15, -0.1) is 0 Å². The van der Waals surface area contributed by atoms with Crippen molar-refractivity contribution in [3.63, 3.8) is 0 Å². The zero-order valence-corrected chi connectivity index (χ0v) is 13.2. The third-order valence-corrected chi connectivity index (χ3v) is 3.69. The second-order valence-corrected chi connectivity index (χ2v) is 5.31. The van der Waals surface area contributed by atoms with Crippen LogP contribution in [0.2, 0.25) is 0 Å². The molecule has 0 aliphatic rings. The first-order valence-electron chi connectivity index (χ1n) is 6.06. The Morgan fingerprint density at radius 2 is 2.18 bits per heavy atom. The molecule has 0 bridgehead atoms. The molecule has 0 radical (unpaired) electrons. The normalized spacial score (nSPS) is 10.8. The van der Waals surface area contributed by atoms with Crippen molar-refractivity contribution in [1.29, 1.82) is 5.26 Å². The fraction of sp³-hybridized carbons (Fsp3) is 0.143. The summed E-state index contributed by atoms with van der Waals surface area (Å²) in [6.07, 6.45) is 1.21. The lowest BCUT2D eigenvalue weighted by Crippen LogP contribution is -1.91. The number of phenols is 1. The van der Waals surface area contributed by atoms with E-state index in [0.29, 0.717) is 11.3 Å². The monoisotopic (exact) mass is 363 g/mol. The minimum atomic E-state index is -0.580. The van der Waals surface area contributed by atoms with Crippen LogP contribution in [-0.4, -0.2) is 16.2 Å². The molecule has 1 aromatic heterocycles. The maximum absolute atomic E-state index is 10.8. The molecule has 2 aromatic rings. The van der Waals surface area contributed by atoms with Gasteiger partial charge in [-0.1, -0.05) is 0 Å². The molecule has 2 rings (SSSR count). The zero-order chi connectivity index (χ0) is 16.4. The van der Waals surface area contributed by atoms with E-state index >= 15 is 0 Å². The van der Waals surface area contributed by atoms with Crippen LogP contribution < -0.4 is 0 Å². The molecule has 0 spiro atoms. The van der Waals surface area contributed by atoms with Crippen molar-refractivity contribution in [2.75, 3.05) is 0 Å². The highest BCUT2D eigenvalue weighted by molar-refractivity contribution is 9.10. The lowest BCUT2D eigenvalue weighted by molar-refractivity contribution is -0.385. The van der Waals surface area contributed by atoms with Crippen molar-refractivity contribution in [2.45, 2.75) is 13.8 Å². The van der Waals surface area contributed by atoms with E-state index in [1.807, 2.05) is 6.07 Å². The Bertz CT molecular complexity index is 834. The summed E-state index contributed by atoms with van der Waals surface area (Å²) < 4.78 is 5.53. The predicted octanol–water partition coefficient (Wildman–Crippen LogP) is 3.90. The Kier molecular flexibility index (Phi) is 4.28.